The van der Waals surface area contributed by atoms with Gasteiger partial charge in [0.15, 0.2) is 11.6 Å². The second-order valence-corrected chi connectivity index (χ2v) is 7.86. The van der Waals surface area contributed by atoms with Gasteiger partial charge in [-0.1, -0.05) is 43.3 Å². The van der Waals surface area contributed by atoms with Gasteiger partial charge in [-0.3, -0.25) is 4.90 Å². The summed E-state index contributed by atoms with van der Waals surface area (Å²) in [6, 6.07) is 15.9. The van der Waals surface area contributed by atoms with Gasteiger partial charge in [0.25, 0.3) is 0 Å². The molecule has 6 nitrogen and oxygen atoms in total. The van der Waals surface area contributed by atoms with E-state index in [2.05, 4.69) is 18.4 Å². The number of halogens is 1. The van der Waals surface area contributed by atoms with Crippen molar-refractivity contribution >= 4 is 0 Å². The van der Waals surface area contributed by atoms with E-state index in [9.17, 15) is 9.50 Å². The molecular formula is C26H32FN3O3. The number of nitrogens with zero attached hydrogens (tertiary/aromatic N) is 3. The minimum absolute atomic E-state index is 0.135. The molecule has 0 fully saturated rings. The van der Waals surface area contributed by atoms with Gasteiger partial charge in [-0.05, 0) is 44.2 Å². The first-order valence-electron chi connectivity index (χ1n) is 11.2. The van der Waals surface area contributed by atoms with Crippen molar-refractivity contribution in [3.05, 3.63) is 84.3 Å². The van der Waals surface area contributed by atoms with Gasteiger partial charge >= 0.3 is 0 Å². The summed E-state index contributed by atoms with van der Waals surface area (Å²) in [6.45, 7) is 9.95. The van der Waals surface area contributed by atoms with E-state index in [4.69, 9.17) is 14.6 Å². The van der Waals surface area contributed by atoms with Gasteiger partial charge in [-0.2, -0.15) is 5.10 Å². The topological polar surface area (TPSA) is 59.8 Å². The van der Waals surface area contributed by atoms with Crippen molar-refractivity contribution in [3.8, 4) is 17.3 Å². The number of aryl methyl sites for hydroxylation is 1. The molecule has 1 heterocycles. The molecule has 0 aliphatic carbocycles. The van der Waals surface area contributed by atoms with Gasteiger partial charge in [0.05, 0.1) is 36.3 Å². The first-order chi connectivity index (χ1) is 16.0. The Hall–Kier alpha value is -3.00. The zero-order valence-corrected chi connectivity index (χ0v) is 19.3. The average molecular weight is 454 g/mol. The molecule has 1 atom stereocenters. The summed E-state index contributed by atoms with van der Waals surface area (Å²) in [7, 11) is 0. The third-order valence-electron chi connectivity index (χ3n) is 5.12. The number of aliphatic hydroxyl groups excluding tert-OH is 1. The van der Waals surface area contributed by atoms with Gasteiger partial charge in [-0.15, -0.1) is 6.58 Å². The van der Waals surface area contributed by atoms with Gasteiger partial charge in [0.1, 0.15) is 0 Å². The van der Waals surface area contributed by atoms with Crippen LogP contribution in [-0.4, -0.2) is 52.2 Å². The second-order valence-electron chi connectivity index (χ2n) is 7.86. The van der Waals surface area contributed by atoms with Crippen LogP contribution < -0.4 is 4.74 Å². The Morgan fingerprint density at radius 3 is 2.61 bits per heavy atom. The third kappa shape index (κ3) is 6.74. The molecule has 2 aromatic carbocycles. The standard InChI is InChI=1S/C26H32FN3O3/c1-4-15-29(17-22(31)19-32-16-5-2)18-23-20(3)28-30(21-11-7-6-8-12-21)26(23)33-25-14-10-9-13-24(25)27/h5-14,22,31H,2,4,15-19H2,1,3H3/t22-/m1/s1. The van der Waals surface area contributed by atoms with Crippen LogP contribution in [0.3, 0.4) is 0 Å². The van der Waals surface area contributed by atoms with Crippen molar-refractivity contribution in [2.45, 2.75) is 32.9 Å². The van der Waals surface area contributed by atoms with Crippen LogP contribution in [0.25, 0.3) is 5.69 Å². The lowest BCUT2D eigenvalue weighted by Gasteiger charge is -2.25. The maximum atomic E-state index is 14.4. The quantitative estimate of drug-likeness (QED) is 0.295. The summed E-state index contributed by atoms with van der Waals surface area (Å²) in [5, 5.41) is 15.1. The lowest BCUT2D eigenvalue weighted by Crippen LogP contribution is -2.35. The third-order valence-corrected chi connectivity index (χ3v) is 5.12. The zero-order valence-electron chi connectivity index (χ0n) is 19.3. The van der Waals surface area contributed by atoms with E-state index in [1.807, 2.05) is 37.3 Å². The molecule has 176 valence electrons. The van der Waals surface area contributed by atoms with E-state index in [1.165, 1.54) is 6.07 Å². The highest BCUT2D eigenvalue weighted by atomic mass is 19.1. The lowest BCUT2D eigenvalue weighted by atomic mass is 10.2. The molecule has 3 rings (SSSR count). The molecule has 0 radical (unpaired) electrons. The average Bonchev–Trinajstić information content (AvgIpc) is 3.11. The van der Waals surface area contributed by atoms with Crippen molar-refractivity contribution in [2.75, 3.05) is 26.3 Å². The smallest absolute Gasteiger partial charge is 0.227 e. The summed E-state index contributed by atoms with van der Waals surface area (Å²) < 4.78 is 27.6. The number of aliphatic hydroxyl groups is 1. The number of hydrogen-bond donors (Lipinski definition) is 1. The Balaban J connectivity index is 1.93. The molecule has 0 bridgehead atoms. The van der Waals surface area contributed by atoms with E-state index >= 15 is 0 Å². The molecule has 0 aliphatic rings. The summed E-state index contributed by atoms with van der Waals surface area (Å²) in [4.78, 5) is 2.13. The van der Waals surface area contributed by atoms with Gasteiger partial charge in [0, 0.05) is 13.1 Å². The number of benzene rings is 2. The second kappa shape index (κ2) is 12.3. The van der Waals surface area contributed by atoms with Crippen molar-refractivity contribution in [1.29, 1.82) is 0 Å². The minimum Gasteiger partial charge on any atom is -0.435 e. The molecule has 0 spiro atoms. The summed E-state index contributed by atoms with van der Waals surface area (Å²) in [6.07, 6.45) is 1.93. The van der Waals surface area contributed by atoms with Crippen molar-refractivity contribution in [1.82, 2.24) is 14.7 Å². The van der Waals surface area contributed by atoms with Crippen LogP contribution in [0, 0.1) is 12.7 Å². The van der Waals surface area contributed by atoms with E-state index < -0.39 is 11.9 Å². The van der Waals surface area contributed by atoms with Crippen LogP contribution in [0.5, 0.6) is 11.6 Å². The van der Waals surface area contributed by atoms with E-state index in [1.54, 1.807) is 29.0 Å². The van der Waals surface area contributed by atoms with Crippen molar-refractivity contribution in [2.24, 2.45) is 0 Å². The lowest BCUT2D eigenvalue weighted by molar-refractivity contribution is 0.0244. The highest BCUT2D eigenvalue weighted by Gasteiger charge is 2.23. The van der Waals surface area contributed by atoms with Gasteiger partial charge < -0.3 is 14.6 Å². The number of aromatic nitrogens is 2. The van der Waals surface area contributed by atoms with Crippen LogP contribution in [0.4, 0.5) is 4.39 Å². The summed E-state index contributed by atoms with van der Waals surface area (Å²) >= 11 is 0. The Bertz CT molecular complexity index is 1020. The maximum Gasteiger partial charge on any atom is 0.227 e. The molecule has 1 N–H and O–H groups in total. The summed E-state index contributed by atoms with van der Waals surface area (Å²) in [5.41, 5.74) is 2.44. The van der Waals surface area contributed by atoms with Crippen LogP contribution in [0.1, 0.15) is 24.6 Å². The maximum absolute atomic E-state index is 14.4. The molecule has 0 saturated heterocycles. The first kappa shape index (κ1) is 24.6. The fraction of sp³-hybridized carbons (Fsp3) is 0.346. The SMILES string of the molecule is C=CCOC[C@H](O)CN(CCC)Cc1c(C)nn(-c2ccccc2)c1Oc1ccccc1F. The highest BCUT2D eigenvalue weighted by molar-refractivity contribution is 5.43. The highest BCUT2D eigenvalue weighted by Crippen LogP contribution is 2.32. The van der Waals surface area contributed by atoms with Crippen molar-refractivity contribution < 1.29 is 19.0 Å². The Morgan fingerprint density at radius 1 is 1.18 bits per heavy atom. The predicted octanol–water partition coefficient (Wildman–Crippen LogP) is 4.89. The number of ether oxygens (including phenoxy) is 2. The van der Waals surface area contributed by atoms with Crippen LogP contribution in [0.15, 0.2) is 67.3 Å². The molecular weight excluding hydrogens is 421 g/mol. The van der Waals surface area contributed by atoms with E-state index in [0.29, 0.717) is 25.6 Å². The molecule has 0 unspecified atom stereocenters. The number of para-hydroxylation sites is 2. The molecule has 33 heavy (non-hydrogen) atoms. The normalized spacial score (nSPS) is 12.2. The van der Waals surface area contributed by atoms with E-state index in [-0.39, 0.29) is 12.4 Å². The van der Waals surface area contributed by atoms with E-state index in [0.717, 1.165) is 29.9 Å². The minimum atomic E-state index is -0.642. The number of rotatable bonds is 13. The zero-order chi connectivity index (χ0) is 23.6. The largest absolute Gasteiger partial charge is 0.435 e. The fourth-order valence-electron chi connectivity index (χ4n) is 3.61. The van der Waals surface area contributed by atoms with Crippen LogP contribution in [-0.2, 0) is 11.3 Å². The Morgan fingerprint density at radius 2 is 1.91 bits per heavy atom. The molecule has 1 aromatic heterocycles. The Labute approximate surface area is 194 Å². The summed E-state index contributed by atoms with van der Waals surface area (Å²) in [5.74, 6) is 0.153. The van der Waals surface area contributed by atoms with Crippen LogP contribution >= 0.6 is 0 Å². The predicted molar refractivity (Wildman–Crippen MR) is 127 cm³/mol. The monoisotopic (exact) mass is 453 g/mol. The first-order valence-corrected chi connectivity index (χ1v) is 11.2. The Kier molecular flexibility index (Phi) is 9.18. The number of hydrogen-bond acceptors (Lipinski definition) is 5. The van der Waals surface area contributed by atoms with Crippen LogP contribution in [0.2, 0.25) is 0 Å². The fourth-order valence-corrected chi connectivity index (χ4v) is 3.61. The molecule has 7 heteroatoms. The molecule has 0 aliphatic heterocycles. The van der Waals surface area contributed by atoms with Crippen molar-refractivity contribution in [3.63, 3.8) is 0 Å². The van der Waals surface area contributed by atoms with Gasteiger partial charge in [-0.25, -0.2) is 9.07 Å². The molecule has 0 saturated carbocycles. The molecule has 3 aromatic rings. The molecule has 0 amide bonds. The van der Waals surface area contributed by atoms with Gasteiger partial charge in [0.2, 0.25) is 5.88 Å².